The molecule has 1 aromatic carbocycles. The average molecular weight is 292 g/mol. The first-order valence-corrected chi connectivity index (χ1v) is 8.36. The molecule has 1 aliphatic rings. The van der Waals surface area contributed by atoms with Gasteiger partial charge in [0.2, 0.25) is 0 Å². The number of benzene rings is 1. The molecule has 1 N–H and O–H groups in total. The van der Waals surface area contributed by atoms with Gasteiger partial charge in [-0.15, -0.1) is 0 Å². The van der Waals surface area contributed by atoms with E-state index in [4.69, 9.17) is 0 Å². The summed E-state index contributed by atoms with van der Waals surface area (Å²) in [5.41, 5.74) is 1.86. The molecule has 118 valence electrons. The molecule has 0 aliphatic heterocycles. The molecule has 1 aliphatic carbocycles. The minimum Gasteiger partial charge on any atom is -0.371 e. The second-order valence-corrected chi connectivity index (χ2v) is 6.35. The summed E-state index contributed by atoms with van der Waals surface area (Å²) >= 11 is 0. The molecule has 1 fully saturated rings. The number of nitrogens with zero attached hydrogens (tertiary/aromatic N) is 1. The molecular weight excluding hydrogens is 263 g/mol. The predicted molar refractivity (Wildman–Crippen MR) is 88.2 cm³/mol. The van der Waals surface area contributed by atoms with Gasteiger partial charge in [0, 0.05) is 30.9 Å². The second-order valence-electron chi connectivity index (χ2n) is 6.35. The molecule has 2 atom stereocenters. The Kier molecular flexibility index (Phi) is 6.04. The third kappa shape index (κ3) is 3.97. The Morgan fingerprint density at radius 1 is 1.29 bits per heavy atom. The molecule has 0 spiro atoms. The number of anilines is 1. The fraction of sp³-hybridized carbons (Fsp3) is 0.667. The van der Waals surface area contributed by atoms with Crippen molar-refractivity contribution in [3.05, 3.63) is 29.6 Å². The first-order chi connectivity index (χ1) is 10.1. The smallest absolute Gasteiger partial charge is 0.129 e. The Morgan fingerprint density at radius 2 is 2.05 bits per heavy atom. The van der Waals surface area contributed by atoms with Crippen molar-refractivity contribution in [3.63, 3.8) is 0 Å². The van der Waals surface area contributed by atoms with Crippen molar-refractivity contribution in [1.29, 1.82) is 0 Å². The van der Waals surface area contributed by atoms with Crippen LogP contribution in [0.2, 0.25) is 0 Å². The number of rotatable bonds is 6. The molecule has 0 bridgehead atoms. The maximum Gasteiger partial charge on any atom is 0.129 e. The van der Waals surface area contributed by atoms with Crippen molar-refractivity contribution in [3.8, 4) is 0 Å². The molecule has 1 saturated carbocycles. The number of hydrogen-bond acceptors (Lipinski definition) is 2. The van der Waals surface area contributed by atoms with Gasteiger partial charge in [-0.3, -0.25) is 0 Å². The number of nitrogens with one attached hydrogen (secondary N) is 1. The van der Waals surface area contributed by atoms with Crippen molar-refractivity contribution in [2.24, 2.45) is 5.92 Å². The normalized spacial score (nSPS) is 22.3. The zero-order chi connectivity index (χ0) is 15.2. The van der Waals surface area contributed by atoms with Crippen LogP contribution in [0.3, 0.4) is 0 Å². The molecule has 0 radical (unpaired) electrons. The minimum absolute atomic E-state index is 0.0913. The largest absolute Gasteiger partial charge is 0.371 e. The van der Waals surface area contributed by atoms with E-state index in [9.17, 15) is 4.39 Å². The number of hydrogen-bond donors (Lipinski definition) is 1. The molecule has 0 aromatic heterocycles. The van der Waals surface area contributed by atoms with Gasteiger partial charge >= 0.3 is 0 Å². The van der Waals surface area contributed by atoms with Crippen LogP contribution in [0.1, 0.15) is 51.5 Å². The van der Waals surface area contributed by atoms with E-state index in [1.54, 1.807) is 6.07 Å². The monoisotopic (exact) mass is 292 g/mol. The van der Waals surface area contributed by atoms with Gasteiger partial charge in [0.25, 0.3) is 0 Å². The first kappa shape index (κ1) is 16.3. The van der Waals surface area contributed by atoms with E-state index in [2.05, 4.69) is 37.2 Å². The highest BCUT2D eigenvalue weighted by molar-refractivity contribution is 5.54. The van der Waals surface area contributed by atoms with Crippen LogP contribution in [0, 0.1) is 11.7 Å². The van der Waals surface area contributed by atoms with E-state index in [0.29, 0.717) is 18.5 Å². The lowest BCUT2D eigenvalue weighted by Gasteiger charge is -2.38. The van der Waals surface area contributed by atoms with Crippen LogP contribution in [-0.2, 0) is 6.54 Å². The Bertz CT molecular complexity index is 447. The van der Waals surface area contributed by atoms with Crippen LogP contribution in [0.25, 0.3) is 0 Å². The Hall–Kier alpha value is -1.09. The highest BCUT2D eigenvalue weighted by Gasteiger charge is 2.26. The first-order valence-electron chi connectivity index (χ1n) is 8.36. The van der Waals surface area contributed by atoms with Gasteiger partial charge < -0.3 is 10.2 Å². The summed E-state index contributed by atoms with van der Waals surface area (Å²) < 4.78 is 14.2. The molecule has 2 nitrogen and oxygen atoms in total. The lowest BCUT2D eigenvalue weighted by Crippen LogP contribution is -2.39. The van der Waals surface area contributed by atoms with Crippen molar-refractivity contribution < 1.29 is 4.39 Å². The van der Waals surface area contributed by atoms with Crippen molar-refractivity contribution in [2.45, 2.75) is 58.5 Å². The van der Waals surface area contributed by atoms with Gasteiger partial charge in [0.1, 0.15) is 5.82 Å². The van der Waals surface area contributed by atoms with Gasteiger partial charge in [-0.1, -0.05) is 32.8 Å². The zero-order valence-electron chi connectivity index (χ0n) is 13.7. The minimum atomic E-state index is -0.0913. The van der Waals surface area contributed by atoms with Crippen molar-refractivity contribution in [2.75, 3.05) is 18.5 Å². The third-order valence-corrected chi connectivity index (χ3v) is 4.77. The quantitative estimate of drug-likeness (QED) is 0.785. The molecular formula is C18H29FN2. The standard InChI is InChI=1S/C18H29FN2/c1-4-12-20-13-15-16(19)9-7-11-18(15)21(3)17-10-6-5-8-14(17)2/h7,9,11,14,17,20H,4-6,8,10,12-13H2,1-3H3. The van der Waals surface area contributed by atoms with Crippen LogP contribution in [0.5, 0.6) is 0 Å². The summed E-state index contributed by atoms with van der Waals surface area (Å²) in [6, 6.07) is 6.00. The summed E-state index contributed by atoms with van der Waals surface area (Å²) in [7, 11) is 2.13. The van der Waals surface area contributed by atoms with Crippen LogP contribution in [0.4, 0.5) is 10.1 Å². The molecule has 21 heavy (non-hydrogen) atoms. The van der Waals surface area contributed by atoms with E-state index in [1.807, 2.05) is 6.07 Å². The summed E-state index contributed by atoms with van der Waals surface area (Å²) in [5, 5.41) is 3.33. The van der Waals surface area contributed by atoms with Gasteiger partial charge in [0.15, 0.2) is 0 Å². The van der Waals surface area contributed by atoms with Crippen LogP contribution >= 0.6 is 0 Å². The van der Waals surface area contributed by atoms with E-state index in [1.165, 1.54) is 25.7 Å². The van der Waals surface area contributed by atoms with E-state index >= 15 is 0 Å². The van der Waals surface area contributed by atoms with Gasteiger partial charge in [-0.2, -0.15) is 0 Å². The Balaban J connectivity index is 2.18. The fourth-order valence-corrected chi connectivity index (χ4v) is 3.49. The van der Waals surface area contributed by atoms with Gasteiger partial charge in [-0.25, -0.2) is 4.39 Å². The lowest BCUT2D eigenvalue weighted by molar-refractivity contribution is 0.321. The molecule has 0 amide bonds. The molecule has 2 rings (SSSR count). The predicted octanol–water partition coefficient (Wildman–Crippen LogP) is 4.34. The van der Waals surface area contributed by atoms with E-state index in [0.717, 1.165) is 24.2 Å². The highest BCUT2D eigenvalue weighted by atomic mass is 19.1. The third-order valence-electron chi connectivity index (χ3n) is 4.77. The van der Waals surface area contributed by atoms with E-state index in [-0.39, 0.29) is 5.82 Å². The molecule has 0 saturated heterocycles. The van der Waals surface area contributed by atoms with Gasteiger partial charge in [-0.05, 0) is 43.9 Å². The van der Waals surface area contributed by atoms with Crippen molar-refractivity contribution in [1.82, 2.24) is 5.32 Å². The maximum atomic E-state index is 14.2. The highest BCUT2D eigenvalue weighted by Crippen LogP contribution is 2.32. The topological polar surface area (TPSA) is 15.3 Å². The summed E-state index contributed by atoms with van der Waals surface area (Å²) in [6.07, 6.45) is 6.20. The van der Waals surface area contributed by atoms with Gasteiger partial charge in [0.05, 0.1) is 0 Å². The van der Waals surface area contributed by atoms with Crippen LogP contribution < -0.4 is 10.2 Å². The Labute approximate surface area is 128 Å². The second kappa shape index (κ2) is 7.79. The summed E-state index contributed by atoms with van der Waals surface area (Å²) in [6.45, 7) is 6.00. The Morgan fingerprint density at radius 3 is 2.76 bits per heavy atom. The molecule has 1 aromatic rings. The summed E-state index contributed by atoms with van der Waals surface area (Å²) in [4.78, 5) is 2.32. The average Bonchev–Trinajstić information content (AvgIpc) is 2.49. The van der Waals surface area contributed by atoms with Crippen LogP contribution in [-0.4, -0.2) is 19.6 Å². The van der Waals surface area contributed by atoms with Crippen LogP contribution in [0.15, 0.2) is 18.2 Å². The number of halogens is 1. The van der Waals surface area contributed by atoms with E-state index < -0.39 is 0 Å². The lowest BCUT2D eigenvalue weighted by atomic mass is 9.84. The molecule has 2 unspecified atom stereocenters. The molecule has 3 heteroatoms. The summed E-state index contributed by atoms with van der Waals surface area (Å²) in [5.74, 6) is 0.592. The van der Waals surface area contributed by atoms with Crippen molar-refractivity contribution >= 4 is 5.69 Å². The SMILES string of the molecule is CCCNCc1c(F)cccc1N(C)C1CCCCC1C. The fourth-order valence-electron chi connectivity index (χ4n) is 3.49. The molecule has 0 heterocycles. The zero-order valence-corrected chi connectivity index (χ0v) is 13.7. The maximum absolute atomic E-state index is 14.2.